The number of nitrogens with one attached hydrogen (secondary N) is 2. The maximum absolute atomic E-state index is 13.6. The van der Waals surface area contributed by atoms with Gasteiger partial charge in [0.25, 0.3) is 5.91 Å². The summed E-state index contributed by atoms with van der Waals surface area (Å²) < 4.78 is 53.9. The molecular formula is C20H17F4N5O2. The van der Waals surface area contributed by atoms with Crippen LogP contribution in [0.25, 0.3) is 0 Å². The minimum absolute atomic E-state index is 0.107. The Hall–Kier alpha value is -3.76. The topological polar surface area (TPSA) is 88.9 Å². The smallest absolute Gasteiger partial charge is 0.324 e. The number of para-hydroxylation sites is 1. The predicted molar refractivity (Wildman–Crippen MR) is 104 cm³/mol. The van der Waals surface area contributed by atoms with Crippen molar-refractivity contribution in [2.75, 3.05) is 10.6 Å². The number of anilines is 2. The van der Waals surface area contributed by atoms with E-state index in [1.54, 1.807) is 6.92 Å². The number of carbonyl (C=O) groups is 2. The third-order valence-electron chi connectivity index (χ3n) is 4.43. The molecule has 0 saturated carbocycles. The Kier molecular flexibility index (Phi) is 6.04. The maximum Gasteiger partial charge on any atom is 0.418 e. The lowest BCUT2D eigenvalue weighted by molar-refractivity contribution is -0.137. The Bertz CT molecular complexity index is 1140. The molecule has 0 unspecified atom stereocenters. The normalized spacial score (nSPS) is 11.3. The molecule has 2 aromatic carbocycles. The van der Waals surface area contributed by atoms with E-state index in [4.69, 9.17) is 0 Å². The van der Waals surface area contributed by atoms with E-state index in [2.05, 4.69) is 20.9 Å². The molecular weight excluding hydrogens is 418 g/mol. The van der Waals surface area contributed by atoms with E-state index in [-0.39, 0.29) is 17.1 Å². The molecule has 3 rings (SSSR count). The van der Waals surface area contributed by atoms with Crippen molar-refractivity contribution < 1.29 is 27.2 Å². The number of alkyl halides is 3. The zero-order valence-electron chi connectivity index (χ0n) is 16.4. The van der Waals surface area contributed by atoms with E-state index >= 15 is 0 Å². The van der Waals surface area contributed by atoms with E-state index in [1.165, 1.54) is 31.2 Å². The molecule has 7 nitrogen and oxygen atoms in total. The van der Waals surface area contributed by atoms with E-state index in [9.17, 15) is 27.2 Å². The summed E-state index contributed by atoms with van der Waals surface area (Å²) in [4.78, 5) is 24.6. The van der Waals surface area contributed by atoms with Crippen LogP contribution in [0.4, 0.5) is 28.9 Å². The zero-order valence-corrected chi connectivity index (χ0v) is 16.4. The molecule has 0 saturated heterocycles. The van der Waals surface area contributed by atoms with Crippen LogP contribution in [0.1, 0.15) is 27.3 Å². The molecule has 0 aliphatic heterocycles. The monoisotopic (exact) mass is 435 g/mol. The molecule has 0 bridgehead atoms. The number of rotatable bonds is 5. The fourth-order valence-electron chi connectivity index (χ4n) is 2.75. The van der Waals surface area contributed by atoms with Gasteiger partial charge in [-0.25, -0.2) is 9.07 Å². The summed E-state index contributed by atoms with van der Waals surface area (Å²) in [6, 6.07) is 8.73. The van der Waals surface area contributed by atoms with Crippen molar-refractivity contribution in [1.29, 1.82) is 0 Å². The van der Waals surface area contributed by atoms with E-state index in [0.29, 0.717) is 5.56 Å². The highest BCUT2D eigenvalue weighted by molar-refractivity contribution is 6.03. The first kappa shape index (κ1) is 21.9. The Balaban J connectivity index is 1.71. The van der Waals surface area contributed by atoms with Crippen LogP contribution in [-0.2, 0) is 17.5 Å². The summed E-state index contributed by atoms with van der Waals surface area (Å²) in [6.45, 7) is 2.59. The van der Waals surface area contributed by atoms with E-state index in [0.717, 1.165) is 22.9 Å². The number of aryl methyl sites for hydroxylation is 1. The molecule has 1 aromatic heterocycles. The Morgan fingerprint density at radius 3 is 2.45 bits per heavy atom. The highest BCUT2D eigenvalue weighted by atomic mass is 19.4. The van der Waals surface area contributed by atoms with Gasteiger partial charge in [0.05, 0.1) is 16.9 Å². The lowest BCUT2D eigenvalue weighted by Gasteiger charge is -2.13. The average molecular weight is 435 g/mol. The van der Waals surface area contributed by atoms with Gasteiger partial charge >= 0.3 is 6.18 Å². The molecule has 31 heavy (non-hydrogen) atoms. The van der Waals surface area contributed by atoms with Crippen LogP contribution in [0.15, 0.2) is 42.5 Å². The van der Waals surface area contributed by atoms with Gasteiger partial charge in [-0.15, -0.1) is 5.10 Å². The lowest BCUT2D eigenvalue weighted by atomic mass is 10.1. The van der Waals surface area contributed by atoms with Crippen LogP contribution >= 0.6 is 0 Å². The number of nitrogens with zero attached hydrogens (tertiary/aromatic N) is 3. The number of amides is 2. The fraction of sp³-hybridized carbons (Fsp3) is 0.200. The largest absolute Gasteiger partial charge is 0.418 e. The molecule has 11 heteroatoms. The summed E-state index contributed by atoms with van der Waals surface area (Å²) in [5.74, 6) is -1.94. The van der Waals surface area contributed by atoms with Crippen LogP contribution in [0, 0.1) is 19.7 Å². The first-order valence-electron chi connectivity index (χ1n) is 9.00. The van der Waals surface area contributed by atoms with Crippen molar-refractivity contribution >= 4 is 23.2 Å². The van der Waals surface area contributed by atoms with Gasteiger partial charge in [-0.3, -0.25) is 9.59 Å². The number of hydrogen-bond donors (Lipinski definition) is 2. The molecule has 0 aliphatic rings. The van der Waals surface area contributed by atoms with Gasteiger partial charge in [0.2, 0.25) is 5.91 Å². The number of carbonyl (C=O) groups excluding carboxylic acids is 2. The zero-order chi connectivity index (χ0) is 22.8. The SMILES string of the molecule is Cc1ccc(NC(=O)c2nnn(CC(=O)Nc3ccccc3C(F)(F)F)c2C)cc1F. The van der Waals surface area contributed by atoms with Crippen LogP contribution in [0.2, 0.25) is 0 Å². The second-order valence-corrected chi connectivity index (χ2v) is 6.69. The van der Waals surface area contributed by atoms with Crippen molar-refractivity contribution in [3.05, 3.63) is 70.8 Å². The third kappa shape index (κ3) is 5.05. The molecule has 0 atom stereocenters. The highest BCUT2D eigenvalue weighted by Gasteiger charge is 2.33. The molecule has 2 N–H and O–H groups in total. The van der Waals surface area contributed by atoms with Gasteiger partial charge < -0.3 is 10.6 Å². The minimum Gasteiger partial charge on any atom is -0.324 e. The summed E-state index contributed by atoms with van der Waals surface area (Å²) in [5, 5.41) is 12.1. The second-order valence-electron chi connectivity index (χ2n) is 6.69. The molecule has 1 heterocycles. The summed E-state index contributed by atoms with van der Waals surface area (Å²) >= 11 is 0. The van der Waals surface area contributed by atoms with Gasteiger partial charge in [0.1, 0.15) is 12.4 Å². The van der Waals surface area contributed by atoms with Crippen LogP contribution in [0.3, 0.4) is 0 Å². The van der Waals surface area contributed by atoms with Crippen molar-refractivity contribution in [3.63, 3.8) is 0 Å². The van der Waals surface area contributed by atoms with Crippen LogP contribution in [0.5, 0.6) is 0 Å². The van der Waals surface area contributed by atoms with Crippen molar-refractivity contribution in [2.45, 2.75) is 26.6 Å². The van der Waals surface area contributed by atoms with Crippen molar-refractivity contribution in [1.82, 2.24) is 15.0 Å². The molecule has 0 fully saturated rings. The summed E-state index contributed by atoms with van der Waals surface area (Å²) in [5.41, 5.74) is -0.642. The molecule has 162 valence electrons. The summed E-state index contributed by atoms with van der Waals surface area (Å²) in [7, 11) is 0. The fourth-order valence-corrected chi connectivity index (χ4v) is 2.75. The first-order chi connectivity index (χ1) is 14.6. The Morgan fingerprint density at radius 2 is 1.77 bits per heavy atom. The number of aromatic nitrogens is 3. The van der Waals surface area contributed by atoms with Crippen LogP contribution < -0.4 is 10.6 Å². The van der Waals surface area contributed by atoms with Gasteiger partial charge in [0, 0.05) is 5.69 Å². The Labute approximate surface area is 174 Å². The maximum atomic E-state index is 13.6. The Morgan fingerprint density at radius 1 is 1.06 bits per heavy atom. The van der Waals surface area contributed by atoms with Gasteiger partial charge in [-0.2, -0.15) is 13.2 Å². The third-order valence-corrected chi connectivity index (χ3v) is 4.43. The number of hydrogen-bond acceptors (Lipinski definition) is 4. The molecule has 0 aliphatic carbocycles. The quantitative estimate of drug-likeness (QED) is 0.594. The molecule has 3 aromatic rings. The number of benzene rings is 2. The molecule has 0 radical (unpaired) electrons. The molecule has 0 spiro atoms. The average Bonchev–Trinajstić information content (AvgIpc) is 3.04. The summed E-state index contributed by atoms with van der Waals surface area (Å²) in [6.07, 6.45) is -4.63. The lowest BCUT2D eigenvalue weighted by Crippen LogP contribution is -2.22. The van der Waals surface area contributed by atoms with Crippen molar-refractivity contribution in [2.24, 2.45) is 0 Å². The van der Waals surface area contributed by atoms with Crippen molar-refractivity contribution in [3.8, 4) is 0 Å². The number of halogens is 4. The standard InChI is InChI=1S/C20H17F4N5O2/c1-11-7-8-13(9-15(11)21)25-19(31)18-12(2)29(28-27-18)10-17(30)26-16-6-4-3-5-14(16)20(22,23)24/h3-9H,10H2,1-2H3,(H,25,31)(H,26,30). The first-order valence-corrected chi connectivity index (χ1v) is 9.00. The van der Waals surface area contributed by atoms with E-state index < -0.39 is 41.6 Å². The predicted octanol–water partition coefficient (Wildman–Crippen LogP) is 3.94. The van der Waals surface area contributed by atoms with Gasteiger partial charge in [-0.05, 0) is 43.7 Å². The van der Waals surface area contributed by atoms with E-state index in [1.807, 2.05) is 0 Å². The van der Waals surface area contributed by atoms with Crippen LogP contribution in [-0.4, -0.2) is 26.8 Å². The minimum atomic E-state index is -4.63. The second kappa shape index (κ2) is 8.54. The highest BCUT2D eigenvalue weighted by Crippen LogP contribution is 2.34. The van der Waals surface area contributed by atoms with Gasteiger partial charge in [0.15, 0.2) is 5.69 Å². The molecule has 2 amide bonds. The van der Waals surface area contributed by atoms with Gasteiger partial charge in [-0.1, -0.05) is 23.4 Å².